The van der Waals surface area contributed by atoms with E-state index in [2.05, 4.69) is 20.2 Å². The van der Waals surface area contributed by atoms with Gasteiger partial charge in [0.15, 0.2) is 5.52 Å². The van der Waals surface area contributed by atoms with Gasteiger partial charge in [0.25, 0.3) is 5.56 Å². The number of H-pyrrole nitrogens is 1. The van der Waals surface area contributed by atoms with E-state index in [0.717, 1.165) is 10.1 Å². The number of pyridine rings is 1. The van der Waals surface area contributed by atoms with Crippen molar-refractivity contribution in [3.63, 3.8) is 0 Å². The number of hydrogen-bond acceptors (Lipinski definition) is 6. The number of benzene rings is 1. The number of aromatic nitrogens is 5. The number of nitrogens with one attached hydrogen (secondary N) is 1. The van der Waals surface area contributed by atoms with Crippen LogP contribution in [0, 0.1) is 0 Å². The topological polar surface area (TPSA) is 107 Å². The van der Waals surface area contributed by atoms with Gasteiger partial charge >= 0.3 is 5.69 Å². The van der Waals surface area contributed by atoms with E-state index in [9.17, 15) is 9.59 Å². The third-order valence-electron chi connectivity index (χ3n) is 3.78. The minimum Gasteiger partial charge on any atom is -0.421 e. The molecule has 8 heteroatoms. The Bertz CT molecular complexity index is 1140. The summed E-state index contributed by atoms with van der Waals surface area (Å²) in [4.78, 5) is 31.2. The van der Waals surface area contributed by atoms with E-state index in [1.165, 1.54) is 6.20 Å². The standard InChI is InChI=1S/C17H13N5O3/c23-16-14-12(7-4-9-18-14)19-17(24)22(16)10-8-13-20-21-15(25-13)11-5-2-1-3-6-11/h1-7,9H,8,10H2,(H,19,24). The second-order valence-electron chi connectivity index (χ2n) is 5.40. The van der Waals surface area contributed by atoms with Crippen LogP contribution < -0.4 is 11.2 Å². The zero-order valence-electron chi connectivity index (χ0n) is 13.0. The molecule has 0 saturated carbocycles. The molecule has 0 aliphatic heterocycles. The molecule has 25 heavy (non-hydrogen) atoms. The second-order valence-corrected chi connectivity index (χ2v) is 5.40. The van der Waals surface area contributed by atoms with Crippen molar-refractivity contribution in [1.82, 2.24) is 24.7 Å². The maximum Gasteiger partial charge on any atom is 0.328 e. The van der Waals surface area contributed by atoms with Crippen molar-refractivity contribution < 1.29 is 4.42 Å². The van der Waals surface area contributed by atoms with Gasteiger partial charge in [0.1, 0.15) is 0 Å². The van der Waals surface area contributed by atoms with Crippen LogP contribution in [0.15, 0.2) is 62.7 Å². The number of rotatable bonds is 4. The van der Waals surface area contributed by atoms with Crippen molar-refractivity contribution in [1.29, 1.82) is 0 Å². The first-order chi connectivity index (χ1) is 12.2. The minimum atomic E-state index is -0.492. The molecule has 1 aromatic carbocycles. The minimum absolute atomic E-state index is 0.122. The Morgan fingerprint density at radius 1 is 1.04 bits per heavy atom. The quantitative estimate of drug-likeness (QED) is 0.604. The maximum atomic E-state index is 12.4. The summed E-state index contributed by atoms with van der Waals surface area (Å²) in [7, 11) is 0. The van der Waals surface area contributed by atoms with Gasteiger partial charge in [-0.3, -0.25) is 9.36 Å². The Balaban J connectivity index is 1.60. The highest BCUT2D eigenvalue weighted by molar-refractivity contribution is 5.71. The van der Waals surface area contributed by atoms with Crippen molar-refractivity contribution in [3.8, 4) is 11.5 Å². The first-order valence-corrected chi connectivity index (χ1v) is 7.68. The lowest BCUT2D eigenvalue weighted by atomic mass is 10.2. The van der Waals surface area contributed by atoms with E-state index < -0.39 is 11.2 Å². The van der Waals surface area contributed by atoms with Gasteiger partial charge in [0.05, 0.1) is 5.52 Å². The normalized spacial score (nSPS) is 11.0. The maximum absolute atomic E-state index is 12.4. The zero-order chi connectivity index (χ0) is 17.2. The van der Waals surface area contributed by atoms with Gasteiger partial charge in [-0.05, 0) is 24.3 Å². The predicted molar refractivity (Wildman–Crippen MR) is 90.1 cm³/mol. The van der Waals surface area contributed by atoms with Crippen LogP contribution in [0.2, 0.25) is 0 Å². The van der Waals surface area contributed by atoms with Gasteiger partial charge in [0.2, 0.25) is 11.8 Å². The summed E-state index contributed by atoms with van der Waals surface area (Å²) in [5.41, 5.74) is 0.511. The Labute approximate surface area is 140 Å². The summed E-state index contributed by atoms with van der Waals surface area (Å²) in [5, 5.41) is 7.96. The van der Waals surface area contributed by atoms with Crippen LogP contribution in [-0.2, 0) is 13.0 Å². The van der Waals surface area contributed by atoms with Crippen LogP contribution in [0.3, 0.4) is 0 Å². The first-order valence-electron chi connectivity index (χ1n) is 7.68. The molecule has 0 saturated heterocycles. The molecule has 0 bridgehead atoms. The van der Waals surface area contributed by atoms with Crippen molar-refractivity contribution >= 4 is 11.0 Å². The lowest BCUT2D eigenvalue weighted by Crippen LogP contribution is -2.36. The second kappa shape index (κ2) is 6.16. The Hall–Kier alpha value is -3.55. The lowest BCUT2D eigenvalue weighted by molar-refractivity contribution is 0.479. The largest absolute Gasteiger partial charge is 0.421 e. The molecule has 0 amide bonds. The Kier molecular flexibility index (Phi) is 3.70. The molecule has 3 heterocycles. The van der Waals surface area contributed by atoms with Gasteiger partial charge in [0, 0.05) is 24.7 Å². The van der Waals surface area contributed by atoms with E-state index >= 15 is 0 Å². The molecule has 1 N–H and O–H groups in total. The van der Waals surface area contributed by atoms with Crippen LogP contribution in [0.1, 0.15) is 5.89 Å². The number of nitrogens with zero attached hydrogens (tertiary/aromatic N) is 4. The fourth-order valence-corrected chi connectivity index (χ4v) is 2.54. The van der Waals surface area contributed by atoms with E-state index in [0.29, 0.717) is 17.3 Å². The van der Waals surface area contributed by atoms with Crippen molar-refractivity contribution in [3.05, 3.63) is 75.4 Å². The molecule has 0 fully saturated rings. The lowest BCUT2D eigenvalue weighted by Gasteiger charge is -2.03. The summed E-state index contributed by atoms with van der Waals surface area (Å²) < 4.78 is 6.68. The van der Waals surface area contributed by atoms with Gasteiger partial charge in [-0.1, -0.05) is 18.2 Å². The molecular formula is C17H13N5O3. The molecular weight excluding hydrogens is 322 g/mol. The molecule has 0 unspecified atom stereocenters. The molecule has 8 nitrogen and oxygen atoms in total. The third kappa shape index (κ3) is 2.85. The van der Waals surface area contributed by atoms with Crippen LogP contribution in [0.25, 0.3) is 22.5 Å². The summed E-state index contributed by atoms with van der Waals surface area (Å²) >= 11 is 0. The molecule has 4 aromatic rings. The van der Waals surface area contributed by atoms with Crippen molar-refractivity contribution in [2.45, 2.75) is 13.0 Å². The van der Waals surface area contributed by atoms with E-state index in [-0.39, 0.29) is 18.5 Å². The molecule has 0 spiro atoms. The van der Waals surface area contributed by atoms with Crippen LogP contribution in [-0.4, -0.2) is 24.7 Å². The summed E-state index contributed by atoms with van der Waals surface area (Å²) in [6.07, 6.45) is 1.78. The number of aryl methyl sites for hydroxylation is 1. The molecule has 0 atom stereocenters. The fourth-order valence-electron chi connectivity index (χ4n) is 2.54. The highest BCUT2D eigenvalue weighted by Crippen LogP contribution is 2.17. The molecule has 4 rings (SSSR count). The van der Waals surface area contributed by atoms with E-state index in [4.69, 9.17) is 4.42 Å². The zero-order valence-corrected chi connectivity index (χ0v) is 13.0. The first kappa shape index (κ1) is 15.0. The third-order valence-corrected chi connectivity index (χ3v) is 3.78. The van der Waals surface area contributed by atoms with Gasteiger partial charge in [-0.2, -0.15) is 0 Å². The summed E-state index contributed by atoms with van der Waals surface area (Å²) in [6, 6.07) is 12.7. The van der Waals surface area contributed by atoms with Crippen LogP contribution in [0.5, 0.6) is 0 Å². The Morgan fingerprint density at radius 3 is 2.72 bits per heavy atom. The molecule has 0 radical (unpaired) electrons. The molecule has 0 aliphatic carbocycles. The van der Waals surface area contributed by atoms with Gasteiger partial charge in [-0.25, -0.2) is 9.78 Å². The van der Waals surface area contributed by atoms with Crippen LogP contribution >= 0.6 is 0 Å². The Morgan fingerprint density at radius 2 is 1.88 bits per heavy atom. The summed E-state index contributed by atoms with van der Waals surface area (Å²) in [6.45, 7) is 0.122. The highest BCUT2D eigenvalue weighted by atomic mass is 16.4. The average molecular weight is 335 g/mol. The smallest absolute Gasteiger partial charge is 0.328 e. The number of hydrogen-bond donors (Lipinski definition) is 1. The molecule has 0 aliphatic rings. The average Bonchev–Trinajstić information content (AvgIpc) is 3.11. The van der Waals surface area contributed by atoms with Gasteiger partial charge in [-0.15, -0.1) is 10.2 Å². The van der Waals surface area contributed by atoms with Crippen molar-refractivity contribution in [2.24, 2.45) is 0 Å². The van der Waals surface area contributed by atoms with Crippen LogP contribution in [0.4, 0.5) is 0 Å². The highest BCUT2D eigenvalue weighted by Gasteiger charge is 2.12. The monoisotopic (exact) mass is 335 g/mol. The number of fused-ring (bicyclic) bond motifs is 1. The fraction of sp³-hybridized carbons (Fsp3) is 0.118. The summed E-state index contributed by atoms with van der Waals surface area (Å²) in [5.74, 6) is 0.753. The predicted octanol–water partition coefficient (Wildman–Crippen LogP) is 1.38. The van der Waals surface area contributed by atoms with Crippen molar-refractivity contribution in [2.75, 3.05) is 0 Å². The SMILES string of the molecule is O=c1[nH]c2cccnc2c(=O)n1CCc1nnc(-c2ccccc2)o1. The molecule has 124 valence electrons. The van der Waals surface area contributed by atoms with E-state index in [1.54, 1.807) is 12.1 Å². The van der Waals surface area contributed by atoms with E-state index in [1.807, 2.05) is 30.3 Å². The number of aromatic amines is 1. The molecule has 3 aromatic heterocycles. The van der Waals surface area contributed by atoms with Gasteiger partial charge < -0.3 is 9.40 Å².